The zero-order valence-electron chi connectivity index (χ0n) is 11.0. The van der Waals surface area contributed by atoms with Gasteiger partial charge in [-0.2, -0.15) is 0 Å². The van der Waals surface area contributed by atoms with Gasteiger partial charge in [0.05, 0.1) is 0 Å². The number of benzene rings is 2. The lowest BCUT2D eigenvalue weighted by Crippen LogP contribution is -2.36. The summed E-state index contributed by atoms with van der Waals surface area (Å²) in [6.07, 6.45) is 2.05. The van der Waals surface area contributed by atoms with Crippen LogP contribution in [0, 0.1) is 6.92 Å². The molecule has 1 aliphatic rings. The lowest BCUT2D eigenvalue weighted by molar-refractivity contribution is -0.109. The number of aldehydes is 1. The van der Waals surface area contributed by atoms with Crippen LogP contribution in [-0.2, 0) is 11.2 Å². The van der Waals surface area contributed by atoms with Gasteiger partial charge < -0.3 is 9.69 Å². The molecule has 2 heteroatoms. The molecular weight excluding hydrogens is 234 g/mol. The van der Waals surface area contributed by atoms with Gasteiger partial charge in [0.25, 0.3) is 0 Å². The molecule has 2 aromatic rings. The molecule has 0 aromatic heterocycles. The van der Waals surface area contributed by atoms with Gasteiger partial charge in [0.1, 0.15) is 12.3 Å². The molecule has 19 heavy (non-hydrogen) atoms. The Morgan fingerprint density at radius 1 is 1.11 bits per heavy atom. The standard InChI is InChI=1S/C17H17NO/c1-13-6-8-15(9-7-13)18-11-10-14-4-2-3-5-16(14)17(18)12-19/h2-9,12,17H,10-11H2,1H3. The first-order chi connectivity index (χ1) is 9.29. The predicted octanol–water partition coefficient (Wildman–Crippen LogP) is 3.30. The van der Waals surface area contributed by atoms with E-state index >= 15 is 0 Å². The average Bonchev–Trinajstić information content (AvgIpc) is 2.47. The van der Waals surface area contributed by atoms with E-state index in [1.807, 2.05) is 12.1 Å². The molecule has 1 aliphatic heterocycles. The highest BCUT2D eigenvalue weighted by atomic mass is 16.1. The van der Waals surface area contributed by atoms with Crippen LogP contribution in [0.2, 0.25) is 0 Å². The van der Waals surface area contributed by atoms with E-state index in [-0.39, 0.29) is 6.04 Å². The second-order valence-electron chi connectivity index (χ2n) is 5.06. The number of rotatable bonds is 2. The van der Waals surface area contributed by atoms with Gasteiger partial charge >= 0.3 is 0 Å². The fourth-order valence-corrected chi connectivity index (χ4v) is 2.77. The topological polar surface area (TPSA) is 20.3 Å². The van der Waals surface area contributed by atoms with Gasteiger partial charge in [-0.25, -0.2) is 0 Å². The summed E-state index contributed by atoms with van der Waals surface area (Å²) in [6.45, 7) is 2.97. The van der Waals surface area contributed by atoms with Gasteiger partial charge in [-0.1, -0.05) is 42.0 Å². The fourth-order valence-electron chi connectivity index (χ4n) is 2.77. The highest BCUT2D eigenvalue weighted by Gasteiger charge is 2.26. The largest absolute Gasteiger partial charge is 0.357 e. The van der Waals surface area contributed by atoms with Gasteiger partial charge in [-0.05, 0) is 36.6 Å². The minimum atomic E-state index is -0.160. The SMILES string of the molecule is Cc1ccc(N2CCc3ccccc3C2C=O)cc1. The Balaban J connectivity index is 2.00. The number of carbonyl (C=O) groups excluding carboxylic acids is 1. The molecule has 96 valence electrons. The maximum atomic E-state index is 11.5. The molecule has 0 amide bonds. The van der Waals surface area contributed by atoms with Crippen molar-refractivity contribution in [2.75, 3.05) is 11.4 Å². The van der Waals surface area contributed by atoms with Crippen molar-refractivity contribution >= 4 is 12.0 Å². The Morgan fingerprint density at radius 2 is 1.84 bits per heavy atom. The summed E-state index contributed by atoms with van der Waals surface area (Å²) < 4.78 is 0. The Morgan fingerprint density at radius 3 is 2.58 bits per heavy atom. The molecule has 0 bridgehead atoms. The van der Waals surface area contributed by atoms with Crippen molar-refractivity contribution in [3.63, 3.8) is 0 Å². The van der Waals surface area contributed by atoms with E-state index in [4.69, 9.17) is 0 Å². The van der Waals surface area contributed by atoms with E-state index in [0.717, 1.165) is 30.5 Å². The molecule has 3 rings (SSSR count). The molecule has 0 aliphatic carbocycles. The van der Waals surface area contributed by atoms with Gasteiger partial charge in [0, 0.05) is 12.2 Å². The molecular formula is C17H17NO. The van der Waals surface area contributed by atoms with Crippen LogP contribution in [0.1, 0.15) is 22.7 Å². The van der Waals surface area contributed by atoms with Crippen molar-refractivity contribution in [2.45, 2.75) is 19.4 Å². The molecule has 0 fully saturated rings. The molecule has 0 saturated carbocycles. The molecule has 2 aromatic carbocycles. The van der Waals surface area contributed by atoms with Crippen LogP contribution in [0.15, 0.2) is 48.5 Å². The average molecular weight is 251 g/mol. The lowest BCUT2D eigenvalue weighted by Gasteiger charge is -2.36. The first-order valence-electron chi connectivity index (χ1n) is 6.66. The fraction of sp³-hybridized carbons (Fsp3) is 0.235. The zero-order valence-corrected chi connectivity index (χ0v) is 11.0. The number of hydrogen-bond acceptors (Lipinski definition) is 2. The third-order valence-corrected chi connectivity index (χ3v) is 3.83. The molecule has 1 heterocycles. The summed E-state index contributed by atoms with van der Waals surface area (Å²) >= 11 is 0. The van der Waals surface area contributed by atoms with Gasteiger partial charge in [0.2, 0.25) is 0 Å². The van der Waals surface area contributed by atoms with Crippen LogP contribution in [0.4, 0.5) is 5.69 Å². The molecule has 2 nitrogen and oxygen atoms in total. The van der Waals surface area contributed by atoms with Gasteiger partial charge in [0.15, 0.2) is 0 Å². The maximum Gasteiger partial charge on any atom is 0.146 e. The number of hydrogen-bond donors (Lipinski definition) is 0. The Labute approximate surface area is 113 Å². The van der Waals surface area contributed by atoms with Gasteiger partial charge in [-0.15, -0.1) is 0 Å². The van der Waals surface area contributed by atoms with E-state index < -0.39 is 0 Å². The van der Waals surface area contributed by atoms with Crippen LogP contribution in [0.5, 0.6) is 0 Å². The molecule has 0 saturated heterocycles. The van der Waals surface area contributed by atoms with Gasteiger partial charge in [-0.3, -0.25) is 0 Å². The smallest absolute Gasteiger partial charge is 0.146 e. The monoisotopic (exact) mass is 251 g/mol. The summed E-state index contributed by atoms with van der Waals surface area (Å²) in [4.78, 5) is 13.7. The van der Waals surface area contributed by atoms with Crippen LogP contribution >= 0.6 is 0 Å². The molecule has 0 N–H and O–H groups in total. The van der Waals surface area contributed by atoms with E-state index in [2.05, 4.69) is 48.2 Å². The summed E-state index contributed by atoms with van der Waals surface area (Å²) in [5.74, 6) is 0. The molecule has 0 spiro atoms. The number of anilines is 1. The van der Waals surface area contributed by atoms with Crippen molar-refractivity contribution in [2.24, 2.45) is 0 Å². The first kappa shape index (κ1) is 12.0. The highest BCUT2D eigenvalue weighted by molar-refractivity contribution is 5.71. The first-order valence-corrected chi connectivity index (χ1v) is 6.66. The van der Waals surface area contributed by atoms with Crippen LogP contribution in [0.25, 0.3) is 0 Å². The van der Waals surface area contributed by atoms with E-state index in [0.29, 0.717) is 0 Å². The van der Waals surface area contributed by atoms with Crippen molar-refractivity contribution in [1.82, 2.24) is 0 Å². The molecule has 1 unspecified atom stereocenters. The Kier molecular flexibility index (Phi) is 3.08. The van der Waals surface area contributed by atoms with Crippen LogP contribution in [-0.4, -0.2) is 12.8 Å². The summed E-state index contributed by atoms with van der Waals surface area (Å²) in [6, 6.07) is 16.5. The second kappa shape index (κ2) is 4.88. The van der Waals surface area contributed by atoms with Crippen molar-refractivity contribution in [3.8, 4) is 0 Å². The predicted molar refractivity (Wildman–Crippen MR) is 77.5 cm³/mol. The van der Waals surface area contributed by atoms with Crippen molar-refractivity contribution in [3.05, 3.63) is 65.2 Å². The minimum Gasteiger partial charge on any atom is -0.357 e. The Hall–Kier alpha value is -2.09. The number of fused-ring (bicyclic) bond motifs is 1. The third-order valence-electron chi connectivity index (χ3n) is 3.83. The molecule has 1 atom stereocenters. The van der Waals surface area contributed by atoms with E-state index in [1.54, 1.807) is 0 Å². The Bertz CT molecular complexity index is 588. The number of carbonyl (C=O) groups is 1. The van der Waals surface area contributed by atoms with Crippen molar-refractivity contribution in [1.29, 1.82) is 0 Å². The van der Waals surface area contributed by atoms with Crippen LogP contribution in [0.3, 0.4) is 0 Å². The maximum absolute atomic E-state index is 11.5. The van der Waals surface area contributed by atoms with Crippen molar-refractivity contribution < 1.29 is 4.79 Å². The highest BCUT2D eigenvalue weighted by Crippen LogP contribution is 2.32. The lowest BCUT2D eigenvalue weighted by atomic mass is 9.93. The number of aryl methyl sites for hydroxylation is 1. The van der Waals surface area contributed by atoms with Crippen LogP contribution < -0.4 is 4.90 Å². The quantitative estimate of drug-likeness (QED) is 0.763. The zero-order chi connectivity index (χ0) is 13.2. The van der Waals surface area contributed by atoms with E-state index in [9.17, 15) is 4.79 Å². The number of nitrogens with zero attached hydrogens (tertiary/aromatic N) is 1. The third kappa shape index (κ3) is 2.14. The van der Waals surface area contributed by atoms with E-state index in [1.165, 1.54) is 11.1 Å². The molecule has 0 radical (unpaired) electrons. The summed E-state index contributed by atoms with van der Waals surface area (Å²) in [7, 11) is 0. The summed E-state index contributed by atoms with van der Waals surface area (Å²) in [5.41, 5.74) is 4.80. The minimum absolute atomic E-state index is 0.160. The second-order valence-corrected chi connectivity index (χ2v) is 5.06. The summed E-state index contributed by atoms with van der Waals surface area (Å²) in [5, 5.41) is 0. The normalized spacial score (nSPS) is 17.9.